The summed E-state index contributed by atoms with van der Waals surface area (Å²) in [7, 11) is 0. The summed E-state index contributed by atoms with van der Waals surface area (Å²) in [5, 5.41) is 2.23. The first-order valence-electron chi connectivity index (χ1n) is 8.17. The van der Waals surface area contributed by atoms with E-state index >= 15 is 0 Å². The molecular formula is C22H16O2. The highest BCUT2D eigenvalue weighted by atomic mass is 16.5. The lowest BCUT2D eigenvalue weighted by Crippen LogP contribution is -2.34. The average molecular weight is 312 g/mol. The zero-order valence-electron chi connectivity index (χ0n) is 13.6. The van der Waals surface area contributed by atoms with Crippen molar-refractivity contribution in [3.05, 3.63) is 82.4 Å². The molecule has 0 bridgehead atoms. The fourth-order valence-corrected chi connectivity index (χ4v) is 4.37. The Morgan fingerprint density at radius 2 is 1.71 bits per heavy atom. The molecule has 0 fully saturated rings. The molecule has 1 atom stereocenters. The Hall–Kier alpha value is -2.87. The maximum Gasteiger partial charge on any atom is 0.330 e. The molecule has 0 aromatic heterocycles. The third-order valence-electron chi connectivity index (χ3n) is 5.39. The third kappa shape index (κ3) is 1.40. The van der Waals surface area contributed by atoms with Crippen LogP contribution >= 0.6 is 0 Å². The smallest absolute Gasteiger partial charge is 0.330 e. The second-order valence-corrected chi connectivity index (χ2v) is 6.67. The predicted octanol–water partition coefficient (Wildman–Crippen LogP) is 4.77. The molecule has 0 saturated carbocycles. The summed E-state index contributed by atoms with van der Waals surface area (Å²) in [6.07, 6.45) is 2.11. The van der Waals surface area contributed by atoms with Gasteiger partial charge in [-0.3, -0.25) is 0 Å². The number of esters is 1. The van der Waals surface area contributed by atoms with Gasteiger partial charge in [0.2, 0.25) is 0 Å². The van der Waals surface area contributed by atoms with Crippen LogP contribution in [0.15, 0.2) is 60.2 Å². The van der Waals surface area contributed by atoms with Crippen molar-refractivity contribution in [2.24, 2.45) is 0 Å². The minimum Gasteiger partial charge on any atom is -0.425 e. The first-order chi connectivity index (χ1) is 11.6. The van der Waals surface area contributed by atoms with E-state index < -0.39 is 5.41 Å². The van der Waals surface area contributed by atoms with E-state index in [9.17, 15) is 4.79 Å². The molecule has 5 rings (SSSR count). The second kappa shape index (κ2) is 4.35. The summed E-state index contributed by atoms with van der Waals surface area (Å²) in [5.41, 5.74) is 4.36. The van der Waals surface area contributed by atoms with Crippen LogP contribution in [-0.4, -0.2) is 5.97 Å². The number of ether oxygens (including phenoxy) is 1. The topological polar surface area (TPSA) is 26.3 Å². The monoisotopic (exact) mass is 312 g/mol. The van der Waals surface area contributed by atoms with Gasteiger partial charge < -0.3 is 4.74 Å². The van der Waals surface area contributed by atoms with Crippen LogP contribution in [0.5, 0.6) is 5.75 Å². The van der Waals surface area contributed by atoms with Crippen LogP contribution in [0.1, 0.15) is 29.2 Å². The van der Waals surface area contributed by atoms with Crippen molar-refractivity contribution in [2.75, 3.05) is 0 Å². The van der Waals surface area contributed by atoms with E-state index in [2.05, 4.69) is 36.4 Å². The predicted molar refractivity (Wildman–Crippen MR) is 95.2 cm³/mol. The Morgan fingerprint density at radius 3 is 2.58 bits per heavy atom. The number of rotatable bonds is 0. The Balaban J connectivity index is 2.00. The molecule has 2 aliphatic rings. The molecule has 1 heterocycles. The van der Waals surface area contributed by atoms with Crippen LogP contribution in [0.4, 0.5) is 0 Å². The molecule has 0 radical (unpaired) electrons. The molecule has 0 N–H and O–H groups in total. The number of carbonyl (C=O) groups excluding carboxylic acids is 1. The van der Waals surface area contributed by atoms with Crippen molar-refractivity contribution in [1.82, 2.24) is 0 Å². The molecule has 0 saturated heterocycles. The Bertz CT molecular complexity index is 1070. The van der Waals surface area contributed by atoms with Crippen LogP contribution in [0.2, 0.25) is 0 Å². The maximum atomic E-state index is 13.2. The van der Waals surface area contributed by atoms with E-state index in [4.69, 9.17) is 4.74 Å². The van der Waals surface area contributed by atoms with Crippen molar-refractivity contribution < 1.29 is 9.53 Å². The molecular weight excluding hydrogens is 296 g/mol. The highest BCUT2D eigenvalue weighted by Crippen LogP contribution is 2.56. The minimum absolute atomic E-state index is 0.185. The standard InChI is InChI=1S/C22H16O2/c1-13-11-15-7-3-5-9-17(15)19-20(13)24-21(23)22(19)14(2)12-16-8-4-6-10-18(16)22/h3-12H,1-2H3/t22-/m0/s1. The second-order valence-electron chi connectivity index (χ2n) is 6.67. The lowest BCUT2D eigenvalue weighted by Gasteiger charge is -2.25. The van der Waals surface area contributed by atoms with Crippen molar-refractivity contribution in [3.8, 4) is 5.75 Å². The number of carbonyl (C=O) groups is 1. The first kappa shape index (κ1) is 13.6. The van der Waals surface area contributed by atoms with Crippen LogP contribution in [0.25, 0.3) is 16.8 Å². The third-order valence-corrected chi connectivity index (χ3v) is 5.39. The van der Waals surface area contributed by atoms with Crippen LogP contribution in [0, 0.1) is 6.92 Å². The van der Waals surface area contributed by atoms with Crippen molar-refractivity contribution in [3.63, 3.8) is 0 Å². The van der Waals surface area contributed by atoms with E-state index in [0.29, 0.717) is 0 Å². The van der Waals surface area contributed by atoms with Gasteiger partial charge in [0.25, 0.3) is 0 Å². The zero-order valence-corrected chi connectivity index (χ0v) is 13.6. The van der Waals surface area contributed by atoms with Crippen LogP contribution in [0.3, 0.4) is 0 Å². The molecule has 1 aliphatic heterocycles. The van der Waals surface area contributed by atoms with Gasteiger partial charge in [-0.05, 0) is 52.9 Å². The van der Waals surface area contributed by atoms with Gasteiger partial charge >= 0.3 is 5.97 Å². The van der Waals surface area contributed by atoms with Crippen molar-refractivity contribution in [1.29, 1.82) is 0 Å². The summed E-state index contributed by atoms with van der Waals surface area (Å²) in [6.45, 7) is 4.05. The Kier molecular flexibility index (Phi) is 2.46. The van der Waals surface area contributed by atoms with E-state index in [0.717, 1.165) is 44.3 Å². The molecule has 24 heavy (non-hydrogen) atoms. The van der Waals surface area contributed by atoms with E-state index in [1.54, 1.807) is 0 Å². The van der Waals surface area contributed by atoms with Gasteiger partial charge in [-0.1, -0.05) is 54.6 Å². The van der Waals surface area contributed by atoms with Gasteiger partial charge in [0.05, 0.1) is 0 Å². The molecule has 0 unspecified atom stereocenters. The largest absolute Gasteiger partial charge is 0.425 e. The van der Waals surface area contributed by atoms with E-state index in [1.807, 2.05) is 38.1 Å². The number of fused-ring (bicyclic) bond motifs is 6. The van der Waals surface area contributed by atoms with Gasteiger partial charge in [0.15, 0.2) is 0 Å². The zero-order chi connectivity index (χ0) is 16.5. The lowest BCUT2D eigenvalue weighted by atomic mass is 9.71. The molecule has 1 spiro atoms. The normalized spacial score (nSPS) is 20.9. The van der Waals surface area contributed by atoms with Crippen LogP contribution < -0.4 is 4.74 Å². The van der Waals surface area contributed by atoms with Crippen molar-refractivity contribution >= 4 is 22.8 Å². The molecule has 0 amide bonds. The van der Waals surface area contributed by atoms with Gasteiger partial charge in [-0.25, -0.2) is 4.79 Å². The summed E-state index contributed by atoms with van der Waals surface area (Å²) in [6, 6.07) is 18.5. The summed E-state index contributed by atoms with van der Waals surface area (Å²) in [5.74, 6) is 0.541. The fourth-order valence-electron chi connectivity index (χ4n) is 4.37. The molecule has 2 heteroatoms. The van der Waals surface area contributed by atoms with Gasteiger partial charge in [-0.15, -0.1) is 0 Å². The Labute approximate surface area is 140 Å². The summed E-state index contributed by atoms with van der Waals surface area (Å²) < 4.78 is 5.83. The summed E-state index contributed by atoms with van der Waals surface area (Å²) in [4.78, 5) is 13.2. The van der Waals surface area contributed by atoms with Crippen molar-refractivity contribution in [2.45, 2.75) is 19.3 Å². The molecule has 2 nitrogen and oxygen atoms in total. The van der Waals surface area contributed by atoms with Gasteiger partial charge in [0.1, 0.15) is 11.2 Å². The van der Waals surface area contributed by atoms with Gasteiger partial charge in [-0.2, -0.15) is 0 Å². The van der Waals surface area contributed by atoms with Crippen LogP contribution in [-0.2, 0) is 10.2 Å². The van der Waals surface area contributed by atoms with E-state index in [1.165, 1.54) is 0 Å². The molecule has 1 aliphatic carbocycles. The Morgan fingerprint density at radius 1 is 0.958 bits per heavy atom. The number of benzene rings is 3. The average Bonchev–Trinajstić information content (AvgIpc) is 3.06. The molecule has 3 aromatic rings. The lowest BCUT2D eigenvalue weighted by molar-refractivity contribution is -0.135. The maximum absolute atomic E-state index is 13.2. The number of hydrogen-bond acceptors (Lipinski definition) is 2. The van der Waals surface area contributed by atoms with E-state index in [-0.39, 0.29) is 5.97 Å². The quantitative estimate of drug-likeness (QED) is 0.441. The molecule has 3 aromatic carbocycles. The number of hydrogen-bond donors (Lipinski definition) is 0. The SMILES string of the molecule is CC1=Cc2ccccc2[C@@]12C(=O)Oc1c(C)cc3ccccc3c12. The fraction of sp³-hybridized carbons (Fsp3) is 0.136. The minimum atomic E-state index is -0.808. The highest BCUT2D eigenvalue weighted by molar-refractivity contribution is 6.08. The summed E-state index contributed by atoms with van der Waals surface area (Å²) >= 11 is 0. The first-order valence-corrected chi connectivity index (χ1v) is 8.17. The van der Waals surface area contributed by atoms with Gasteiger partial charge in [0, 0.05) is 5.56 Å². The highest BCUT2D eigenvalue weighted by Gasteiger charge is 2.56. The molecule has 116 valence electrons. The number of aryl methyl sites for hydroxylation is 1.